The lowest BCUT2D eigenvalue weighted by atomic mass is 10.2. The minimum absolute atomic E-state index is 0.206. The molecule has 0 aromatic heterocycles. The van der Waals surface area contributed by atoms with Crippen LogP contribution in [0.1, 0.15) is 31.2 Å². The van der Waals surface area contributed by atoms with Crippen molar-refractivity contribution in [3.8, 4) is 0 Å². The molecule has 0 radical (unpaired) electrons. The maximum absolute atomic E-state index is 11.8. The van der Waals surface area contributed by atoms with E-state index in [9.17, 15) is 8.42 Å². The largest absolute Gasteiger partial charge is 0.387 e. The standard InChI is InChI=1S/C13H16O3S/c1-11-6-8-13(9-7-11)17(14,15)16-10-12-4-2-3-5-12/h6-10H,2-5H2,1H3. The van der Waals surface area contributed by atoms with Crippen molar-refractivity contribution >= 4 is 10.1 Å². The molecule has 0 heterocycles. The monoisotopic (exact) mass is 252 g/mol. The van der Waals surface area contributed by atoms with Crippen molar-refractivity contribution in [2.45, 2.75) is 37.5 Å². The van der Waals surface area contributed by atoms with Crippen molar-refractivity contribution in [3.05, 3.63) is 41.7 Å². The Morgan fingerprint density at radius 2 is 1.71 bits per heavy atom. The van der Waals surface area contributed by atoms with E-state index in [1.54, 1.807) is 24.3 Å². The molecule has 1 aromatic carbocycles. The third-order valence-corrected chi connectivity index (χ3v) is 4.10. The lowest BCUT2D eigenvalue weighted by molar-refractivity contribution is 0.438. The highest BCUT2D eigenvalue weighted by atomic mass is 32.2. The fourth-order valence-electron chi connectivity index (χ4n) is 1.84. The zero-order chi connectivity index (χ0) is 12.3. The highest BCUT2D eigenvalue weighted by molar-refractivity contribution is 7.86. The van der Waals surface area contributed by atoms with Gasteiger partial charge >= 0.3 is 10.1 Å². The molecule has 0 atom stereocenters. The van der Waals surface area contributed by atoms with Crippen LogP contribution in [0.5, 0.6) is 0 Å². The van der Waals surface area contributed by atoms with E-state index in [4.69, 9.17) is 4.18 Å². The average molecular weight is 252 g/mol. The molecule has 1 fully saturated rings. The van der Waals surface area contributed by atoms with Gasteiger partial charge in [-0.2, -0.15) is 8.42 Å². The third-order valence-electron chi connectivity index (χ3n) is 2.90. The molecule has 3 nitrogen and oxygen atoms in total. The summed E-state index contributed by atoms with van der Waals surface area (Å²) in [6, 6.07) is 6.66. The summed E-state index contributed by atoms with van der Waals surface area (Å²) in [7, 11) is -3.64. The Kier molecular flexibility index (Phi) is 3.52. The molecule has 1 aliphatic rings. The summed E-state index contributed by atoms with van der Waals surface area (Å²) in [5.74, 6) is 0. The number of rotatable bonds is 3. The van der Waals surface area contributed by atoms with Gasteiger partial charge in [0.15, 0.2) is 0 Å². The van der Waals surface area contributed by atoms with E-state index in [0.29, 0.717) is 0 Å². The van der Waals surface area contributed by atoms with Crippen molar-refractivity contribution in [1.82, 2.24) is 0 Å². The molecule has 1 saturated carbocycles. The zero-order valence-corrected chi connectivity index (χ0v) is 10.7. The molecule has 1 aliphatic carbocycles. The minimum Gasteiger partial charge on any atom is -0.387 e. The molecule has 0 bridgehead atoms. The van der Waals surface area contributed by atoms with Gasteiger partial charge in [0, 0.05) is 0 Å². The van der Waals surface area contributed by atoms with Crippen molar-refractivity contribution in [2.24, 2.45) is 0 Å². The summed E-state index contributed by atoms with van der Waals surface area (Å²) in [6.45, 7) is 1.91. The number of allylic oxidation sites excluding steroid dienone is 1. The van der Waals surface area contributed by atoms with Crippen LogP contribution in [-0.4, -0.2) is 8.42 Å². The normalized spacial score (nSPS) is 15.9. The van der Waals surface area contributed by atoms with Gasteiger partial charge in [-0.1, -0.05) is 17.7 Å². The van der Waals surface area contributed by atoms with E-state index in [-0.39, 0.29) is 4.90 Å². The Balaban J connectivity index is 2.13. The highest BCUT2D eigenvalue weighted by Gasteiger charge is 2.15. The van der Waals surface area contributed by atoms with Crippen LogP contribution >= 0.6 is 0 Å². The van der Waals surface area contributed by atoms with E-state index in [1.165, 1.54) is 6.26 Å². The van der Waals surface area contributed by atoms with E-state index >= 15 is 0 Å². The SMILES string of the molecule is Cc1ccc(S(=O)(=O)OC=C2CCCC2)cc1. The Labute approximate surface area is 102 Å². The fourth-order valence-corrected chi connectivity index (χ4v) is 2.68. The van der Waals surface area contributed by atoms with Crippen LogP contribution in [0, 0.1) is 6.92 Å². The number of hydrogen-bond donors (Lipinski definition) is 0. The van der Waals surface area contributed by atoms with Crippen molar-refractivity contribution in [1.29, 1.82) is 0 Å². The van der Waals surface area contributed by atoms with E-state index < -0.39 is 10.1 Å². The number of benzene rings is 1. The average Bonchev–Trinajstić information content (AvgIpc) is 2.80. The van der Waals surface area contributed by atoms with Gasteiger partial charge in [0.1, 0.15) is 11.2 Å². The van der Waals surface area contributed by atoms with Gasteiger partial charge in [0.05, 0.1) is 0 Å². The first-order chi connectivity index (χ1) is 8.08. The molecule has 17 heavy (non-hydrogen) atoms. The summed E-state index contributed by atoms with van der Waals surface area (Å²) in [5, 5.41) is 0. The topological polar surface area (TPSA) is 43.4 Å². The van der Waals surface area contributed by atoms with Gasteiger partial charge in [-0.3, -0.25) is 0 Å². The summed E-state index contributed by atoms with van der Waals surface area (Å²) in [4.78, 5) is 0.206. The van der Waals surface area contributed by atoms with Crippen molar-refractivity contribution in [3.63, 3.8) is 0 Å². The second-order valence-electron chi connectivity index (χ2n) is 4.35. The van der Waals surface area contributed by atoms with Crippen LogP contribution in [0.2, 0.25) is 0 Å². The summed E-state index contributed by atoms with van der Waals surface area (Å²) < 4.78 is 28.6. The molecular formula is C13H16O3S. The highest BCUT2D eigenvalue weighted by Crippen LogP contribution is 2.24. The van der Waals surface area contributed by atoms with Crippen LogP contribution in [0.25, 0.3) is 0 Å². The first kappa shape index (κ1) is 12.2. The second-order valence-corrected chi connectivity index (χ2v) is 5.92. The molecule has 0 spiro atoms. The van der Waals surface area contributed by atoms with Crippen molar-refractivity contribution in [2.75, 3.05) is 0 Å². The van der Waals surface area contributed by atoms with Crippen LogP contribution in [-0.2, 0) is 14.3 Å². The van der Waals surface area contributed by atoms with Gasteiger partial charge in [0.25, 0.3) is 0 Å². The van der Waals surface area contributed by atoms with Gasteiger partial charge in [0.2, 0.25) is 0 Å². The molecule has 0 N–H and O–H groups in total. The lowest BCUT2D eigenvalue weighted by Gasteiger charge is -2.04. The lowest BCUT2D eigenvalue weighted by Crippen LogP contribution is -2.02. The van der Waals surface area contributed by atoms with Crippen LogP contribution in [0.15, 0.2) is 41.0 Å². The quantitative estimate of drug-likeness (QED) is 0.613. The Morgan fingerprint density at radius 1 is 1.12 bits per heavy atom. The molecule has 0 saturated heterocycles. The van der Waals surface area contributed by atoms with Crippen LogP contribution in [0.4, 0.5) is 0 Å². The molecule has 4 heteroatoms. The van der Waals surface area contributed by atoms with E-state index in [2.05, 4.69) is 0 Å². The maximum Gasteiger partial charge on any atom is 0.338 e. The maximum atomic E-state index is 11.8. The third kappa shape index (κ3) is 3.09. The Morgan fingerprint density at radius 3 is 2.29 bits per heavy atom. The number of hydrogen-bond acceptors (Lipinski definition) is 3. The molecular weight excluding hydrogens is 236 g/mol. The molecule has 0 aliphatic heterocycles. The first-order valence-corrected chi connectivity index (χ1v) is 7.17. The predicted octanol–water partition coefficient (Wildman–Crippen LogP) is 3.16. The first-order valence-electron chi connectivity index (χ1n) is 5.76. The summed E-state index contributed by atoms with van der Waals surface area (Å²) >= 11 is 0. The van der Waals surface area contributed by atoms with E-state index in [1.807, 2.05) is 6.92 Å². The smallest absolute Gasteiger partial charge is 0.338 e. The van der Waals surface area contributed by atoms with Gasteiger partial charge in [-0.25, -0.2) is 0 Å². The second kappa shape index (κ2) is 4.92. The van der Waals surface area contributed by atoms with Gasteiger partial charge in [-0.15, -0.1) is 0 Å². The van der Waals surface area contributed by atoms with Gasteiger partial charge in [-0.05, 0) is 50.3 Å². The predicted molar refractivity (Wildman–Crippen MR) is 66.0 cm³/mol. The Bertz CT molecular complexity index is 504. The van der Waals surface area contributed by atoms with Crippen LogP contribution < -0.4 is 0 Å². The molecule has 0 unspecified atom stereocenters. The molecule has 92 valence electrons. The van der Waals surface area contributed by atoms with Crippen LogP contribution in [0.3, 0.4) is 0 Å². The summed E-state index contributed by atoms with van der Waals surface area (Å²) in [5.41, 5.74) is 2.11. The number of aryl methyl sites for hydroxylation is 1. The summed E-state index contributed by atoms with van der Waals surface area (Å²) in [6.07, 6.45) is 5.55. The Hall–Kier alpha value is -1.29. The minimum atomic E-state index is -3.64. The zero-order valence-electron chi connectivity index (χ0n) is 9.85. The van der Waals surface area contributed by atoms with E-state index in [0.717, 1.165) is 36.8 Å². The molecule has 0 amide bonds. The molecule has 1 aromatic rings. The molecule has 2 rings (SSSR count). The van der Waals surface area contributed by atoms with Crippen molar-refractivity contribution < 1.29 is 12.6 Å². The van der Waals surface area contributed by atoms with Gasteiger partial charge < -0.3 is 4.18 Å². The fraction of sp³-hybridized carbons (Fsp3) is 0.385.